The number of aliphatic carboxylic acids is 1. The first-order valence-electron chi connectivity index (χ1n) is 8.42. The van der Waals surface area contributed by atoms with Gasteiger partial charge in [0.25, 0.3) is 5.91 Å². The Kier molecular flexibility index (Phi) is 5.76. The largest absolute Gasteiger partial charge is 0.481 e. The second-order valence-electron chi connectivity index (χ2n) is 6.20. The first-order chi connectivity index (χ1) is 12.1. The van der Waals surface area contributed by atoms with E-state index in [-0.39, 0.29) is 11.8 Å². The molecule has 1 fully saturated rings. The zero-order valence-electron chi connectivity index (χ0n) is 13.9. The van der Waals surface area contributed by atoms with E-state index < -0.39 is 5.97 Å². The third kappa shape index (κ3) is 4.63. The summed E-state index contributed by atoms with van der Waals surface area (Å²) in [5, 5.41) is 9.04. The second kappa shape index (κ2) is 8.21. The summed E-state index contributed by atoms with van der Waals surface area (Å²) in [7, 11) is 0. The fourth-order valence-electron chi connectivity index (χ4n) is 2.94. The fraction of sp³-hybridized carbons (Fsp3) is 0.300. The maximum Gasteiger partial charge on any atom is 0.306 e. The number of benzene rings is 2. The highest BCUT2D eigenvalue weighted by Gasteiger charge is 2.27. The van der Waals surface area contributed by atoms with Crippen LogP contribution in [0.1, 0.15) is 28.8 Å². The lowest BCUT2D eigenvalue weighted by molar-refractivity contribution is -0.143. The summed E-state index contributed by atoms with van der Waals surface area (Å²) in [6.07, 6.45) is 1.07. The summed E-state index contributed by atoms with van der Waals surface area (Å²) in [6, 6.07) is 17.9. The van der Waals surface area contributed by atoms with Crippen LogP contribution in [0.25, 0.3) is 0 Å². The number of thioether (sulfide) groups is 1. The molecule has 3 rings (SSSR count). The van der Waals surface area contributed by atoms with Crippen LogP contribution in [-0.4, -0.2) is 35.0 Å². The summed E-state index contributed by atoms with van der Waals surface area (Å²) in [4.78, 5) is 26.5. The van der Waals surface area contributed by atoms with E-state index in [0.29, 0.717) is 31.5 Å². The minimum Gasteiger partial charge on any atom is -0.481 e. The zero-order chi connectivity index (χ0) is 17.6. The summed E-state index contributed by atoms with van der Waals surface area (Å²) in [5.74, 6) is -0.220. The Labute approximate surface area is 151 Å². The first-order valence-corrected chi connectivity index (χ1v) is 9.41. The Hall–Kier alpha value is -2.27. The molecule has 0 aromatic heterocycles. The standard InChI is InChI=1S/C20H21NO3S/c22-19(21-12-10-17(11-13-21)20(23)24)16-8-6-15(7-9-16)14-25-18-4-2-1-3-5-18/h1-9,17H,10-14H2,(H,23,24). The minimum absolute atomic E-state index is 0.00824. The predicted molar refractivity (Wildman–Crippen MR) is 98.7 cm³/mol. The van der Waals surface area contributed by atoms with Crippen LogP contribution in [0.5, 0.6) is 0 Å². The van der Waals surface area contributed by atoms with Crippen LogP contribution in [-0.2, 0) is 10.5 Å². The Balaban J connectivity index is 1.55. The Morgan fingerprint density at radius 1 is 1.00 bits per heavy atom. The van der Waals surface area contributed by atoms with Crippen LogP contribution in [0.3, 0.4) is 0 Å². The van der Waals surface area contributed by atoms with E-state index in [4.69, 9.17) is 5.11 Å². The lowest BCUT2D eigenvalue weighted by Gasteiger charge is -2.30. The average molecular weight is 355 g/mol. The molecule has 0 saturated carbocycles. The van der Waals surface area contributed by atoms with Gasteiger partial charge in [0, 0.05) is 29.3 Å². The molecule has 4 nitrogen and oxygen atoms in total. The second-order valence-corrected chi connectivity index (χ2v) is 7.25. The number of carboxylic acids is 1. The molecule has 0 aliphatic carbocycles. The molecule has 0 atom stereocenters. The molecule has 130 valence electrons. The van der Waals surface area contributed by atoms with E-state index in [1.54, 1.807) is 16.7 Å². The molecule has 5 heteroatoms. The molecule has 0 bridgehead atoms. The van der Waals surface area contributed by atoms with Crippen molar-refractivity contribution in [2.45, 2.75) is 23.5 Å². The van der Waals surface area contributed by atoms with Gasteiger partial charge in [-0.05, 0) is 42.7 Å². The molecule has 0 spiro atoms. The third-order valence-electron chi connectivity index (χ3n) is 4.48. The van der Waals surface area contributed by atoms with E-state index in [1.807, 2.05) is 42.5 Å². The van der Waals surface area contributed by atoms with E-state index in [0.717, 1.165) is 5.75 Å². The van der Waals surface area contributed by atoms with Gasteiger partial charge >= 0.3 is 5.97 Å². The van der Waals surface area contributed by atoms with Gasteiger partial charge in [0.1, 0.15) is 0 Å². The number of likely N-dealkylation sites (tertiary alicyclic amines) is 1. The Bertz CT molecular complexity index is 722. The van der Waals surface area contributed by atoms with Crippen LogP contribution < -0.4 is 0 Å². The number of carbonyl (C=O) groups is 2. The first kappa shape index (κ1) is 17.5. The monoisotopic (exact) mass is 355 g/mol. The number of piperidine rings is 1. The van der Waals surface area contributed by atoms with Crippen molar-refractivity contribution in [1.29, 1.82) is 0 Å². The molecule has 1 heterocycles. The van der Waals surface area contributed by atoms with Gasteiger partial charge in [-0.1, -0.05) is 30.3 Å². The topological polar surface area (TPSA) is 57.6 Å². The maximum atomic E-state index is 12.5. The van der Waals surface area contributed by atoms with Crippen LogP contribution in [0.15, 0.2) is 59.5 Å². The van der Waals surface area contributed by atoms with E-state index in [2.05, 4.69) is 12.1 Å². The highest BCUT2D eigenvalue weighted by molar-refractivity contribution is 7.98. The minimum atomic E-state index is -0.757. The number of rotatable bonds is 5. The molecule has 1 amide bonds. The zero-order valence-corrected chi connectivity index (χ0v) is 14.7. The van der Waals surface area contributed by atoms with E-state index >= 15 is 0 Å². The SMILES string of the molecule is O=C(O)C1CCN(C(=O)c2ccc(CSc3ccccc3)cc2)CC1. The predicted octanol–water partition coefficient (Wildman–Crippen LogP) is 3.92. The van der Waals surface area contributed by atoms with Gasteiger partial charge < -0.3 is 10.0 Å². The normalized spacial score (nSPS) is 15.1. The smallest absolute Gasteiger partial charge is 0.306 e. The van der Waals surface area contributed by atoms with Crippen LogP contribution in [0.4, 0.5) is 0 Å². The Morgan fingerprint density at radius 3 is 2.24 bits per heavy atom. The van der Waals surface area contributed by atoms with Crippen molar-refractivity contribution in [1.82, 2.24) is 4.90 Å². The highest BCUT2D eigenvalue weighted by Crippen LogP contribution is 2.23. The molecule has 1 saturated heterocycles. The third-order valence-corrected chi connectivity index (χ3v) is 5.56. The molecule has 0 unspecified atom stereocenters. The van der Waals surface area contributed by atoms with Gasteiger partial charge in [-0.2, -0.15) is 0 Å². The molecule has 0 radical (unpaired) electrons. The van der Waals surface area contributed by atoms with Crippen molar-refractivity contribution in [2.75, 3.05) is 13.1 Å². The quantitative estimate of drug-likeness (QED) is 0.826. The van der Waals surface area contributed by atoms with E-state index in [9.17, 15) is 9.59 Å². The molecule has 25 heavy (non-hydrogen) atoms. The van der Waals surface area contributed by atoms with Crippen molar-refractivity contribution in [3.63, 3.8) is 0 Å². The van der Waals surface area contributed by atoms with Crippen molar-refractivity contribution in [3.8, 4) is 0 Å². The number of nitrogens with zero attached hydrogens (tertiary/aromatic N) is 1. The molecule has 1 aliphatic heterocycles. The van der Waals surface area contributed by atoms with Gasteiger partial charge in [-0.15, -0.1) is 11.8 Å². The van der Waals surface area contributed by atoms with Gasteiger partial charge in [0.2, 0.25) is 0 Å². The molecule has 2 aromatic rings. The van der Waals surface area contributed by atoms with Crippen molar-refractivity contribution in [3.05, 3.63) is 65.7 Å². The van der Waals surface area contributed by atoms with Gasteiger partial charge in [-0.25, -0.2) is 0 Å². The summed E-state index contributed by atoms with van der Waals surface area (Å²) < 4.78 is 0. The summed E-state index contributed by atoms with van der Waals surface area (Å²) in [6.45, 7) is 1.03. The fourth-order valence-corrected chi connectivity index (χ4v) is 3.81. The molecular formula is C20H21NO3S. The lowest BCUT2D eigenvalue weighted by Crippen LogP contribution is -2.40. The van der Waals surface area contributed by atoms with Crippen LogP contribution in [0.2, 0.25) is 0 Å². The number of carboxylic acid groups (broad SMARTS) is 1. The van der Waals surface area contributed by atoms with Crippen LogP contribution >= 0.6 is 11.8 Å². The van der Waals surface area contributed by atoms with Crippen molar-refractivity contribution in [2.24, 2.45) is 5.92 Å². The number of hydrogen-bond donors (Lipinski definition) is 1. The van der Waals surface area contributed by atoms with Crippen molar-refractivity contribution >= 4 is 23.6 Å². The summed E-state index contributed by atoms with van der Waals surface area (Å²) in [5.41, 5.74) is 1.84. The van der Waals surface area contributed by atoms with Crippen molar-refractivity contribution < 1.29 is 14.7 Å². The van der Waals surface area contributed by atoms with E-state index in [1.165, 1.54) is 10.5 Å². The summed E-state index contributed by atoms with van der Waals surface area (Å²) >= 11 is 1.77. The average Bonchev–Trinajstić information content (AvgIpc) is 2.67. The van der Waals surface area contributed by atoms with Gasteiger partial charge in [0.05, 0.1) is 5.92 Å². The lowest BCUT2D eigenvalue weighted by atomic mass is 9.96. The highest BCUT2D eigenvalue weighted by atomic mass is 32.2. The number of amides is 1. The number of hydrogen-bond acceptors (Lipinski definition) is 3. The van der Waals surface area contributed by atoms with Gasteiger partial charge in [0.15, 0.2) is 0 Å². The molecule has 1 aliphatic rings. The van der Waals surface area contributed by atoms with Crippen LogP contribution in [0, 0.1) is 5.92 Å². The molecular weight excluding hydrogens is 334 g/mol. The van der Waals surface area contributed by atoms with Gasteiger partial charge in [-0.3, -0.25) is 9.59 Å². The molecule has 1 N–H and O–H groups in total. The number of carbonyl (C=O) groups excluding carboxylic acids is 1. The Morgan fingerprint density at radius 2 is 1.64 bits per heavy atom. The maximum absolute atomic E-state index is 12.5. The molecule has 2 aromatic carbocycles.